The average molecular weight is 413 g/mol. The van der Waals surface area contributed by atoms with Crippen molar-refractivity contribution in [3.63, 3.8) is 0 Å². The highest BCUT2D eigenvalue weighted by atomic mass is 32.2. The summed E-state index contributed by atoms with van der Waals surface area (Å²) in [4.78, 5) is 0. The number of hydrogen-bond acceptors (Lipinski definition) is 2. The normalized spacial score (nSPS) is 13.6. The summed E-state index contributed by atoms with van der Waals surface area (Å²) in [7, 11) is 0. The van der Waals surface area contributed by atoms with Crippen LogP contribution < -0.4 is 4.74 Å². The monoisotopic (exact) mass is 413 g/mol. The molecule has 0 aliphatic heterocycles. The van der Waals surface area contributed by atoms with Gasteiger partial charge in [0, 0.05) is 6.42 Å². The molecule has 1 unspecified atom stereocenters. The van der Waals surface area contributed by atoms with Crippen LogP contribution in [0.15, 0.2) is 24.3 Å². The van der Waals surface area contributed by atoms with Gasteiger partial charge >= 0.3 is 12.1 Å². The first-order valence-electron chi connectivity index (χ1n) is 9.11. The highest BCUT2D eigenvalue weighted by molar-refractivity contribution is 7.91. The summed E-state index contributed by atoms with van der Waals surface area (Å²) < 4.78 is 78.7. The van der Waals surface area contributed by atoms with Crippen LogP contribution in [0.5, 0.6) is 5.75 Å². The van der Waals surface area contributed by atoms with Gasteiger partial charge in [-0.2, -0.15) is 22.0 Å². The van der Waals surface area contributed by atoms with Gasteiger partial charge in [0.05, 0.1) is 6.61 Å². The van der Waals surface area contributed by atoms with E-state index in [0.717, 1.165) is 37.9 Å². The highest BCUT2D eigenvalue weighted by Gasteiger charge is 2.56. The van der Waals surface area contributed by atoms with Crippen LogP contribution in [0, 0.1) is 6.07 Å². The predicted molar refractivity (Wildman–Crippen MR) is 96.6 cm³/mol. The van der Waals surface area contributed by atoms with Gasteiger partial charge in [-0.1, -0.05) is 42.6 Å². The van der Waals surface area contributed by atoms with E-state index in [4.69, 9.17) is 4.74 Å². The number of ether oxygens (including phenoxy) is 1. The molecule has 0 amide bonds. The molecular weight excluding hydrogens is 387 g/mol. The second-order valence-electron chi connectivity index (χ2n) is 6.36. The van der Waals surface area contributed by atoms with Gasteiger partial charge in [-0.25, -0.2) is 0 Å². The van der Waals surface area contributed by atoms with E-state index in [2.05, 4.69) is 6.07 Å². The van der Waals surface area contributed by atoms with Crippen molar-refractivity contribution < 1.29 is 31.2 Å². The molecule has 0 N–H and O–H groups in total. The van der Waals surface area contributed by atoms with Crippen molar-refractivity contribution in [2.75, 3.05) is 18.1 Å². The number of benzene rings is 1. The molecule has 1 aromatic carbocycles. The van der Waals surface area contributed by atoms with E-state index in [-0.39, 0.29) is 5.75 Å². The van der Waals surface area contributed by atoms with Gasteiger partial charge in [0.1, 0.15) is 17.3 Å². The number of rotatable bonds is 14. The number of unbranched alkanes of at least 4 members (excludes halogenated alkanes) is 5. The molecule has 0 aromatic heterocycles. The van der Waals surface area contributed by atoms with Crippen molar-refractivity contribution >= 4 is 11.2 Å². The van der Waals surface area contributed by atoms with Gasteiger partial charge in [-0.05, 0) is 43.9 Å². The van der Waals surface area contributed by atoms with Crippen molar-refractivity contribution in [1.82, 2.24) is 0 Å². The van der Waals surface area contributed by atoms with E-state index in [0.29, 0.717) is 18.8 Å². The Morgan fingerprint density at radius 2 is 1.41 bits per heavy atom. The number of hydrogen-bond donors (Lipinski definition) is 0. The molecule has 1 atom stereocenters. The molecule has 0 spiro atoms. The lowest BCUT2D eigenvalue weighted by Gasteiger charge is -2.19. The van der Waals surface area contributed by atoms with Crippen LogP contribution in [-0.4, -0.2) is 34.8 Å². The van der Waals surface area contributed by atoms with Crippen LogP contribution in [0.4, 0.5) is 22.0 Å². The zero-order valence-corrected chi connectivity index (χ0v) is 16.0. The van der Waals surface area contributed by atoms with E-state index < -0.39 is 36.1 Å². The maximum atomic E-state index is 12.7. The molecule has 1 rings (SSSR count). The molecule has 0 bridgehead atoms. The van der Waals surface area contributed by atoms with Crippen LogP contribution >= 0.6 is 0 Å². The van der Waals surface area contributed by atoms with Gasteiger partial charge in [0.25, 0.3) is 0 Å². The van der Waals surface area contributed by atoms with Gasteiger partial charge in [0.15, 0.2) is 0 Å². The molecule has 0 aliphatic rings. The lowest BCUT2D eigenvalue weighted by Crippen LogP contribution is -2.36. The third-order valence-corrected chi connectivity index (χ3v) is 5.49. The number of halogens is 5. The Morgan fingerprint density at radius 3 is 2.04 bits per heavy atom. The minimum absolute atomic E-state index is 0.111. The van der Waals surface area contributed by atoms with E-state index in [1.165, 1.54) is 0 Å². The van der Waals surface area contributed by atoms with Crippen molar-refractivity contribution in [2.24, 2.45) is 0 Å². The Kier molecular flexibility index (Phi) is 11.1. The van der Waals surface area contributed by atoms with Crippen LogP contribution in [0.1, 0.15) is 51.4 Å². The molecule has 27 heavy (non-hydrogen) atoms. The summed E-state index contributed by atoms with van der Waals surface area (Å²) in [6.45, 7) is 0.649. The van der Waals surface area contributed by atoms with Crippen LogP contribution in [0.2, 0.25) is 0 Å². The third kappa shape index (κ3) is 10.8. The van der Waals surface area contributed by atoms with Crippen molar-refractivity contribution in [3.8, 4) is 5.75 Å². The predicted octanol–water partition coefficient (Wildman–Crippen LogP) is 5.93. The number of alkyl halides is 5. The molecule has 8 heteroatoms. The zero-order chi connectivity index (χ0) is 20.2. The van der Waals surface area contributed by atoms with Crippen LogP contribution in [-0.2, 0) is 11.2 Å². The van der Waals surface area contributed by atoms with Crippen molar-refractivity contribution in [1.29, 1.82) is 0 Å². The first-order valence-corrected chi connectivity index (χ1v) is 10.6. The first kappa shape index (κ1) is 24.0. The SMILES string of the molecule is [O-][S+](CCCCCCCCOc1cc[c]cc1)CCCC(F)(F)C(F)(F)F. The molecule has 0 heterocycles. The Hall–Kier alpha value is -1.02. The van der Waals surface area contributed by atoms with E-state index in [9.17, 15) is 26.5 Å². The molecule has 0 saturated carbocycles. The summed E-state index contributed by atoms with van der Waals surface area (Å²) in [6.07, 6.45) is -1.69. The van der Waals surface area contributed by atoms with Gasteiger partial charge in [-0.15, -0.1) is 0 Å². The maximum absolute atomic E-state index is 12.7. The molecule has 0 aliphatic carbocycles. The maximum Gasteiger partial charge on any atom is 0.453 e. The molecule has 2 nitrogen and oxygen atoms in total. The van der Waals surface area contributed by atoms with Crippen LogP contribution in [0.3, 0.4) is 0 Å². The average Bonchev–Trinajstić information content (AvgIpc) is 2.60. The molecule has 0 fully saturated rings. The van der Waals surface area contributed by atoms with E-state index >= 15 is 0 Å². The van der Waals surface area contributed by atoms with Crippen molar-refractivity contribution in [3.05, 3.63) is 30.3 Å². The molecule has 1 radical (unpaired) electrons. The van der Waals surface area contributed by atoms with Crippen LogP contribution in [0.25, 0.3) is 0 Å². The summed E-state index contributed by atoms with van der Waals surface area (Å²) >= 11 is -1.34. The summed E-state index contributed by atoms with van der Waals surface area (Å²) in [5, 5.41) is 0. The molecule has 0 saturated heterocycles. The van der Waals surface area contributed by atoms with E-state index in [1.807, 2.05) is 12.1 Å². The van der Waals surface area contributed by atoms with Gasteiger partial charge in [-0.3, -0.25) is 0 Å². The standard InChI is InChI=1S/C19H26F5O2S/c20-18(21,19(22,23)24)13-10-16-27(25)15-9-4-2-1-3-8-14-26-17-11-6-5-7-12-17/h6-7,11-12H,1-4,8-10,13-16H2. The fourth-order valence-electron chi connectivity index (χ4n) is 2.43. The Morgan fingerprint density at radius 1 is 0.852 bits per heavy atom. The Bertz CT molecular complexity index is 497. The fourth-order valence-corrected chi connectivity index (χ4v) is 3.63. The molecule has 1 aromatic rings. The smallest absolute Gasteiger partial charge is 0.453 e. The highest BCUT2D eigenvalue weighted by Crippen LogP contribution is 2.38. The van der Waals surface area contributed by atoms with Gasteiger partial charge in [0.2, 0.25) is 0 Å². The minimum atomic E-state index is -5.53. The third-order valence-electron chi connectivity index (χ3n) is 4.00. The summed E-state index contributed by atoms with van der Waals surface area (Å²) in [5.74, 6) is -3.63. The Balaban J connectivity index is 1.93. The first-order chi connectivity index (χ1) is 12.7. The summed E-state index contributed by atoms with van der Waals surface area (Å²) in [5.41, 5.74) is 0. The topological polar surface area (TPSA) is 32.3 Å². The van der Waals surface area contributed by atoms with E-state index in [1.54, 1.807) is 12.1 Å². The largest absolute Gasteiger partial charge is 0.616 e. The molecular formula is C19H26F5O2S. The lowest BCUT2D eigenvalue weighted by atomic mass is 10.1. The molecule has 155 valence electrons. The second kappa shape index (κ2) is 12.4. The van der Waals surface area contributed by atoms with Gasteiger partial charge < -0.3 is 9.29 Å². The quantitative estimate of drug-likeness (QED) is 0.215. The van der Waals surface area contributed by atoms with Crippen molar-refractivity contribution in [2.45, 2.75) is 63.5 Å². The fraction of sp³-hybridized carbons (Fsp3) is 0.684. The minimum Gasteiger partial charge on any atom is -0.616 e. The second-order valence-corrected chi connectivity index (χ2v) is 8.06. The lowest BCUT2D eigenvalue weighted by molar-refractivity contribution is -0.284. The summed E-state index contributed by atoms with van der Waals surface area (Å²) in [6, 6.07) is 10.2. The zero-order valence-electron chi connectivity index (χ0n) is 15.2. The Labute approximate surface area is 160 Å².